The number of hydrogen-bond donors (Lipinski definition) is 3. The second-order valence-electron chi connectivity index (χ2n) is 7.10. The van der Waals surface area contributed by atoms with Gasteiger partial charge in [-0.2, -0.15) is 0 Å². The van der Waals surface area contributed by atoms with Crippen LogP contribution in [0.5, 0.6) is 0 Å². The average molecular weight is 494 g/mol. The number of aromatic nitrogens is 2. The number of carbonyl (C=O) groups excluding carboxylic acids is 1. The fourth-order valence-corrected chi connectivity index (χ4v) is 4.79. The lowest BCUT2D eigenvalue weighted by molar-refractivity contribution is -0.184. The topological polar surface area (TPSA) is 103 Å². The fraction of sp³-hybridized carbons (Fsp3) is 0.238. The summed E-state index contributed by atoms with van der Waals surface area (Å²) >= 11 is 14.2. The molecular formula is C21H21Cl2N5O3S. The molecule has 1 aliphatic heterocycles. The summed E-state index contributed by atoms with van der Waals surface area (Å²) in [4.78, 5) is 16.4. The van der Waals surface area contributed by atoms with Crippen molar-refractivity contribution in [2.24, 2.45) is 5.84 Å². The predicted molar refractivity (Wildman–Crippen MR) is 125 cm³/mol. The highest BCUT2D eigenvalue weighted by atomic mass is 35.5. The lowest BCUT2D eigenvalue weighted by Crippen LogP contribution is -2.34. The van der Waals surface area contributed by atoms with Gasteiger partial charge in [0.15, 0.2) is 0 Å². The van der Waals surface area contributed by atoms with Crippen LogP contribution < -0.4 is 16.6 Å². The summed E-state index contributed by atoms with van der Waals surface area (Å²) in [5.74, 6) is 4.71. The zero-order valence-electron chi connectivity index (χ0n) is 16.8. The summed E-state index contributed by atoms with van der Waals surface area (Å²) in [7, 11) is 0. The Labute approximate surface area is 199 Å². The van der Waals surface area contributed by atoms with Gasteiger partial charge >= 0.3 is 6.03 Å². The molecule has 3 aromatic rings. The van der Waals surface area contributed by atoms with Crippen LogP contribution in [0.25, 0.3) is 0 Å². The second kappa shape index (κ2) is 10.1. The molecule has 2 aromatic carbocycles. The molecule has 1 aliphatic rings. The zero-order valence-corrected chi connectivity index (χ0v) is 19.2. The lowest BCUT2D eigenvalue weighted by Gasteiger charge is -2.30. The van der Waals surface area contributed by atoms with E-state index in [-0.39, 0.29) is 6.10 Å². The van der Waals surface area contributed by atoms with E-state index in [2.05, 4.69) is 10.3 Å². The zero-order chi connectivity index (χ0) is 22.6. The maximum atomic E-state index is 11.3. The van der Waals surface area contributed by atoms with Crippen LogP contribution in [-0.4, -0.2) is 34.0 Å². The number of benzene rings is 2. The molecule has 0 spiro atoms. The van der Waals surface area contributed by atoms with Gasteiger partial charge in [-0.15, -0.1) is 11.8 Å². The van der Waals surface area contributed by atoms with Crippen molar-refractivity contribution >= 4 is 46.7 Å². The van der Waals surface area contributed by atoms with Gasteiger partial charge in [0, 0.05) is 39.3 Å². The number of halogens is 2. The molecule has 11 heteroatoms. The molecule has 0 radical (unpaired) electrons. The molecule has 1 fully saturated rings. The van der Waals surface area contributed by atoms with E-state index in [1.165, 1.54) is 0 Å². The van der Waals surface area contributed by atoms with Crippen LogP contribution in [-0.2, 0) is 21.8 Å². The Morgan fingerprint density at radius 2 is 2.09 bits per heavy atom. The molecule has 1 saturated heterocycles. The van der Waals surface area contributed by atoms with Crippen LogP contribution in [0.4, 0.5) is 10.5 Å². The van der Waals surface area contributed by atoms with E-state index in [1.807, 2.05) is 34.4 Å². The Morgan fingerprint density at radius 1 is 1.28 bits per heavy atom. The number of hydrazine groups is 1. The fourth-order valence-electron chi connectivity index (χ4n) is 3.37. The highest BCUT2D eigenvalue weighted by Crippen LogP contribution is 2.41. The molecule has 8 nitrogen and oxygen atoms in total. The molecule has 0 bridgehead atoms. The van der Waals surface area contributed by atoms with Gasteiger partial charge in [0.05, 0.1) is 30.6 Å². The molecule has 0 saturated carbocycles. The quantitative estimate of drug-likeness (QED) is 0.197. The van der Waals surface area contributed by atoms with Crippen molar-refractivity contribution in [3.05, 3.63) is 76.8 Å². The van der Waals surface area contributed by atoms with Crippen LogP contribution in [0.1, 0.15) is 5.56 Å². The number of nitrogens with two attached hydrogens (primary N) is 1. The maximum absolute atomic E-state index is 11.3. The standard InChI is InChI=1S/C21H21Cl2N5O3S/c22-14-1-6-18(19(23)9-14)21(12-28-8-7-25-13-28)30-10-16(31-21)11-32-17-4-2-15(3-5-17)26-20(29)27-24/h1-9,13,16H,10-12,24H2,(H2,26,27,29). The minimum atomic E-state index is -1.04. The number of anilines is 1. The third-order valence-electron chi connectivity index (χ3n) is 4.83. The number of urea groups is 1. The van der Waals surface area contributed by atoms with Gasteiger partial charge in [0.25, 0.3) is 0 Å². The van der Waals surface area contributed by atoms with Crippen molar-refractivity contribution < 1.29 is 14.3 Å². The smallest absolute Gasteiger partial charge is 0.333 e. The van der Waals surface area contributed by atoms with Crippen molar-refractivity contribution in [1.29, 1.82) is 0 Å². The van der Waals surface area contributed by atoms with Gasteiger partial charge in [-0.25, -0.2) is 15.6 Å². The highest BCUT2D eigenvalue weighted by Gasteiger charge is 2.45. The van der Waals surface area contributed by atoms with Crippen molar-refractivity contribution in [1.82, 2.24) is 15.0 Å². The van der Waals surface area contributed by atoms with Crippen LogP contribution >= 0.6 is 35.0 Å². The number of ether oxygens (including phenoxy) is 2. The molecule has 4 N–H and O–H groups in total. The molecule has 32 heavy (non-hydrogen) atoms. The first-order valence-corrected chi connectivity index (χ1v) is 11.4. The summed E-state index contributed by atoms with van der Waals surface area (Å²) in [5, 5.41) is 3.64. The Balaban J connectivity index is 1.45. The van der Waals surface area contributed by atoms with Crippen molar-refractivity contribution in [3.8, 4) is 0 Å². The van der Waals surface area contributed by atoms with E-state index in [1.54, 1.807) is 48.6 Å². The summed E-state index contributed by atoms with van der Waals surface area (Å²) < 4.78 is 14.6. The first kappa shape index (κ1) is 22.9. The molecule has 4 rings (SSSR count). The van der Waals surface area contributed by atoms with Gasteiger partial charge in [-0.3, -0.25) is 5.43 Å². The number of amides is 2. The Morgan fingerprint density at radius 3 is 2.78 bits per heavy atom. The number of thioether (sulfide) groups is 1. The second-order valence-corrected chi connectivity index (χ2v) is 9.03. The van der Waals surface area contributed by atoms with Crippen LogP contribution in [0.3, 0.4) is 0 Å². The first-order chi connectivity index (χ1) is 15.5. The normalized spacial score (nSPS) is 20.3. The average Bonchev–Trinajstić information content (AvgIpc) is 3.44. The maximum Gasteiger partial charge on any atom is 0.333 e. The number of imidazole rings is 1. The monoisotopic (exact) mass is 493 g/mol. The van der Waals surface area contributed by atoms with E-state index in [4.69, 9.17) is 38.5 Å². The Kier molecular flexibility index (Phi) is 7.24. The first-order valence-electron chi connectivity index (χ1n) is 9.71. The predicted octanol–water partition coefficient (Wildman–Crippen LogP) is 4.25. The largest absolute Gasteiger partial charge is 0.342 e. The molecule has 0 aliphatic carbocycles. The highest BCUT2D eigenvalue weighted by molar-refractivity contribution is 7.99. The van der Waals surface area contributed by atoms with Crippen molar-refractivity contribution in [2.45, 2.75) is 23.3 Å². The van der Waals surface area contributed by atoms with Gasteiger partial charge < -0.3 is 19.4 Å². The molecule has 2 unspecified atom stereocenters. The minimum absolute atomic E-state index is 0.156. The van der Waals surface area contributed by atoms with Crippen LogP contribution in [0, 0.1) is 0 Å². The number of carbonyl (C=O) groups is 1. The molecule has 2 atom stereocenters. The number of hydrogen-bond acceptors (Lipinski definition) is 6. The third kappa shape index (κ3) is 5.37. The minimum Gasteiger partial charge on any atom is -0.342 e. The van der Waals surface area contributed by atoms with E-state index < -0.39 is 11.8 Å². The Bertz CT molecular complexity index is 1070. The molecular weight excluding hydrogens is 473 g/mol. The van der Waals surface area contributed by atoms with E-state index in [9.17, 15) is 4.79 Å². The van der Waals surface area contributed by atoms with Gasteiger partial charge in [0.2, 0.25) is 5.79 Å². The van der Waals surface area contributed by atoms with E-state index in [0.29, 0.717) is 34.6 Å². The number of nitrogens with one attached hydrogen (secondary N) is 2. The summed E-state index contributed by atoms with van der Waals surface area (Å²) in [5.41, 5.74) is 3.39. The lowest BCUT2D eigenvalue weighted by atomic mass is 10.1. The van der Waals surface area contributed by atoms with E-state index in [0.717, 1.165) is 10.5 Å². The molecule has 2 amide bonds. The summed E-state index contributed by atoms with van der Waals surface area (Å²) in [6.07, 6.45) is 5.10. The van der Waals surface area contributed by atoms with Crippen molar-refractivity contribution in [3.63, 3.8) is 0 Å². The molecule has 2 heterocycles. The van der Waals surface area contributed by atoms with Gasteiger partial charge in [-0.05, 0) is 36.4 Å². The summed E-state index contributed by atoms with van der Waals surface area (Å²) in [6, 6.07) is 12.3. The molecule has 168 valence electrons. The number of nitrogens with zero attached hydrogens (tertiary/aromatic N) is 2. The molecule has 1 aromatic heterocycles. The third-order valence-corrected chi connectivity index (χ3v) is 6.52. The SMILES string of the molecule is NNC(=O)Nc1ccc(SCC2COC(Cn3ccnc3)(c3ccc(Cl)cc3Cl)O2)cc1. The van der Waals surface area contributed by atoms with Crippen LogP contribution in [0.2, 0.25) is 10.0 Å². The van der Waals surface area contributed by atoms with Crippen LogP contribution in [0.15, 0.2) is 66.1 Å². The Hall–Kier alpha value is -2.27. The number of rotatable bonds is 7. The van der Waals surface area contributed by atoms with Crippen molar-refractivity contribution in [2.75, 3.05) is 17.7 Å². The van der Waals surface area contributed by atoms with Gasteiger partial charge in [-0.1, -0.05) is 29.3 Å². The van der Waals surface area contributed by atoms with Gasteiger partial charge in [0.1, 0.15) is 0 Å². The summed E-state index contributed by atoms with van der Waals surface area (Å²) in [6.45, 7) is 0.816. The van der Waals surface area contributed by atoms with E-state index >= 15 is 0 Å².